The van der Waals surface area contributed by atoms with Crippen LogP contribution in [0.3, 0.4) is 0 Å². The zero-order valence-electron chi connectivity index (χ0n) is 8.45. The molecule has 72 valence electrons. The monoisotopic (exact) mass is 187 g/mol. The predicted octanol–water partition coefficient (Wildman–Crippen LogP) is 2.23. The van der Waals surface area contributed by atoms with Crippen LogP contribution < -0.4 is 0 Å². The molecule has 0 spiro atoms. The largest absolute Gasteiger partial charge is 0.348 e. The molecule has 0 aliphatic rings. The lowest BCUT2D eigenvalue weighted by Gasteiger charge is -1.97. The van der Waals surface area contributed by atoms with Gasteiger partial charge in [-0.15, -0.1) is 0 Å². The van der Waals surface area contributed by atoms with E-state index in [1.807, 2.05) is 19.2 Å². The summed E-state index contributed by atoms with van der Waals surface area (Å²) in [6.45, 7) is 2.05. The number of carbonyl (C=O) groups is 1. The first-order chi connectivity index (χ1) is 6.75. The number of fused-ring (bicyclic) bond motifs is 1. The summed E-state index contributed by atoms with van der Waals surface area (Å²) >= 11 is 0. The van der Waals surface area contributed by atoms with E-state index in [9.17, 15) is 4.79 Å². The van der Waals surface area contributed by atoms with Crippen LogP contribution in [-0.2, 0) is 18.3 Å². The highest BCUT2D eigenvalue weighted by molar-refractivity contribution is 5.87. The van der Waals surface area contributed by atoms with Crippen molar-refractivity contribution in [3.05, 3.63) is 35.5 Å². The summed E-state index contributed by atoms with van der Waals surface area (Å²) in [5.41, 5.74) is 3.53. The van der Waals surface area contributed by atoms with Crippen LogP contribution >= 0.6 is 0 Å². The lowest BCUT2D eigenvalue weighted by Crippen LogP contribution is -1.92. The Kier molecular flexibility index (Phi) is 2.12. The van der Waals surface area contributed by atoms with Gasteiger partial charge >= 0.3 is 0 Å². The average Bonchev–Trinajstić information content (AvgIpc) is 2.45. The number of rotatable bonds is 2. The van der Waals surface area contributed by atoms with Gasteiger partial charge in [-0.25, -0.2) is 0 Å². The zero-order valence-corrected chi connectivity index (χ0v) is 8.45. The Balaban J connectivity index is 2.80. The highest BCUT2D eigenvalue weighted by Gasteiger charge is 2.09. The SMILES string of the molecule is Cc1c(CC=O)c2ccccc2n1C. The summed E-state index contributed by atoms with van der Waals surface area (Å²) in [5, 5.41) is 1.19. The number of hydrogen-bond donors (Lipinski definition) is 0. The van der Waals surface area contributed by atoms with Crippen LogP contribution in [0.2, 0.25) is 0 Å². The molecule has 1 aromatic carbocycles. The van der Waals surface area contributed by atoms with E-state index in [0.29, 0.717) is 6.42 Å². The maximum atomic E-state index is 10.6. The zero-order chi connectivity index (χ0) is 10.1. The smallest absolute Gasteiger partial charge is 0.124 e. The number of benzene rings is 1. The second-order valence-electron chi connectivity index (χ2n) is 3.51. The molecule has 2 heteroatoms. The van der Waals surface area contributed by atoms with Crippen LogP contribution in [0, 0.1) is 6.92 Å². The summed E-state index contributed by atoms with van der Waals surface area (Å²) in [5.74, 6) is 0. The van der Waals surface area contributed by atoms with E-state index in [1.165, 1.54) is 16.6 Å². The van der Waals surface area contributed by atoms with E-state index in [1.54, 1.807) is 0 Å². The third-order valence-electron chi connectivity index (χ3n) is 2.82. The fraction of sp³-hybridized carbons (Fsp3) is 0.250. The molecule has 2 nitrogen and oxygen atoms in total. The summed E-state index contributed by atoms with van der Waals surface area (Å²) in [7, 11) is 2.03. The van der Waals surface area contributed by atoms with Crippen molar-refractivity contribution in [3.63, 3.8) is 0 Å². The van der Waals surface area contributed by atoms with Gasteiger partial charge in [0, 0.05) is 30.1 Å². The van der Waals surface area contributed by atoms with Crippen LogP contribution in [-0.4, -0.2) is 10.9 Å². The third-order valence-corrected chi connectivity index (χ3v) is 2.82. The first-order valence-electron chi connectivity index (χ1n) is 4.72. The Bertz CT molecular complexity index is 482. The average molecular weight is 187 g/mol. The van der Waals surface area contributed by atoms with Gasteiger partial charge in [0.15, 0.2) is 0 Å². The van der Waals surface area contributed by atoms with Gasteiger partial charge in [-0.05, 0) is 18.6 Å². The van der Waals surface area contributed by atoms with E-state index in [-0.39, 0.29) is 0 Å². The normalized spacial score (nSPS) is 10.7. The highest BCUT2D eigenvalue weighted by atomic mass is 16.1. The molecule has 0 radical (unpaired) electrons. The molecule has 1 heterocycles. The summed E-state index contributed by atoms with van der Waals surface area (Å²) in [6, 6.07) is 8.18. The Morgan fingerprint density at radius 1 is 1.36 bits per heavy atom. The second kappa shape index (κ2) is 3.29. The van der Waals surface area contributed by atoms with Crippen molar-refractivity contribution >= 4 is 17.2 Å². The molecule has 0 bridgehead atoms. The van der Waals surface area contributed by atoms with Crippen LogP contribution in [0.4, 0.5) is 0 Å². The Morgan fingerprint density at radius 2 is 2.07 bits per heavy atom. The number of aryl methyl sites for hydroxylation is 1. The molecular formula is C12H13NO. The van der Waals surface area contributed by atoms with E-state index < -0.39 is 0 Å². The molecule has 0 saturated carbocycles. The Labute approximate surface area is 83.2 Å². The molecule has 0 N–H and O–H groups in total. The third kappa shape index (κ3) is 1.15. The molecule has 1 aromatic heterocycles. The van der Waals surface area contributed by atoms with Crippen molar-refractivity contribution in [1.82, 2.24) is 4.57 Å². The van der Waals surface area contributed by atoms with E-state index in [4.69, 9.17) is 0 Å². The maximum Gasteiger partial charge on any atom is 0.124 e. The number of hydrogen-bond acceptors (Lipinski definition) is 1. The van der Waals surface area contributed by atoms with E-state index in [2.05, 4.69) is 23.6 Å². The number of aldehydes is 1. The van der Waals surface area contributed by atoms with E-state index in [0.717, 1.165) is 11.8 Å². The van der Waals surface area contributed by atoms with Crippen molar-refractivity contribution in [2.24, 2.45) is 7.05 Å². The quantitative estimate of drug-likeness (QED) is 0.661. The Morgan fingerprint density at radius 3 is 2.79 bits per heavy atom. The van der Waals surface area contributed by atoms with Gasteiger partial charge in [0.1, 0.15) is 6.29 Å². The van der Waals surface area contributed by atoms with Crippen molar-refractivity contribution in [1.29, 1.82) is 0 Å². The standard InChI is InChI=1S/C12H13NO/c1-9-10(7-8-14)11-5-3-4-6-12(11)13(9)2/h3-6,8H,7H2,1-2H3. The minimum atomic E-state index is 0.507. The highest BCUT2D eigenvalue weighted by Crippen LogP contribution is 2.24. The number of para-hydroxylation sites is 1. The topological polar surface area (TPSA) is 22.0 Å². The summed E-state index contributed by atoms with van der Waals surface area (Å²) < 4.78 is 2.13. The Hall–Kier alpha value is -1.57. The molecule has 0 aliphatic carbocycles. The number of aromatic nitrogens is 1. The van der Waals surface area contributed by atoms with Gasteiger partial charge in [0.2, 0.25) is 0 Å². The summed E-state index contributed by atoms with van der Waals surface area (Å²) in [6.07, 6.45) is 1.47. The van der Waals surface area contributed by atoms with E-state index >= 15 is 0 Å². The second-order valence-corrected chi connectivity index (χ2v) is 3.51. The van der Waals surface area contributed by atoms with Crippen molar-refractivity contribution < 1.29 is 4.79 Å². The van der Waals surface area contributed by atoms with Gasteiger partial charge in [-0.3, -0.25) is 0 Å². The minimum absolute atomic E-state index is 0.507. The van der Waals surface area contributed by atoms with Gasteiger partial charge in [-0.1, -0.05) is 18.2 Å². The molecule has 2 rings (SSSR count). The molecule has 14 heavy (non-hydrogen) atoms. The molecule has 2 aromatic rings. The molecule has 0 fully saturated rings. The molecule has 0 atom stereocenters. The fourth-order valence-electron chi connectivity index (χ4n) is 1.94. The summed E-state index contributed by atoms with van der Waals surface area (Å²) in [4.78, 5) is 10.6. The van der Waals surface area contributed by atoms with Crippen LogP contribution in [0.5, 0.6) is 0 Å². The van der Waals surface area contributed by atoms with Gasteiger partial charge in [0.25, 0.3) is 0 Å². The minimum Gasteiger partial charge on any atom is -0.348 e. The molecular weight excluding hydrogens is 174 g/mol. The van der Waals surface area contributed by atoms with Gasteiger partial charge in [-0.2, -0.15) is 0 Å². The van der Waals surface area contributed by atoms with Crippen LogP contribution in [0.25, 0.3) is 10.9 Å². The first-order valence-corrected chi connectivity index (χ1v) is 4.72. The number of carbonyl (C=O) groups excluding carboxylic acids is 1. The van der Waals surface area contributed by atoms with Crippen molar-refractivity contribution in [3.8, 4) is 0 Å². The number of nitrogens with zero attached hydrogens (tertiary/aromatic N) is 1. The lowest BCUT2D eigenvalue weighted by molar-refractivity contribution is -0.107. The first kappa shape index (κ1) is 9.00. The van der Waals surface area contributed by atoms with Crippen molar-refractivity contribution in [2.45, 2.75) is 13.3 Å². The van der Waals surface area contributed by atoms with Crippen LogP contribution in [0.1, 0.15) is 11.3 Å². The van der Waals surface area contributed by atoms with Crippen molar-refractivity contribution in [2.75, 3.05) is 0 Å². The fourth-order valence-corrected chi connectivity index (χ4v) is 1.94. The van der Waals surface area contributed by atoms with Crippen LogP contribution in [0.15, 0.2) is 24.3 Å². The molecule has 0 unspecified atom stereocenters. The molecule has 0 saturated heterocycles. The molecule has 0 aliphatic heterocycles. The molecule has 0 amide bonds. The maximum absolute atomic E-state index is 10.6. The predicted molar refractivity (Wildman–Crippen MR) is 57.4 cm³/mol. The van der Waals surface area contributed by atoms with Gasteiger partial charge < -0.3 is 9.36 Å². The van der Waals surface area contributed by atoms with Gasteiger partial charge in [0.05, 0.1) is 0 Å². The lowest BCUT2D eigenvalue weighted by atomic mass is 10.1.